The average molecular weight is 232 g/mol. The first-order valence-electron chi connectivity index (χ1n) is 2.87. The molecule has 0 fully saturated rings. The summed E-state index contributed by atoms with van der Waals surface area (Å²) in [5.41, 5.74) is 0. The van der Waals surface area contributed by atoms with Crippen LogP contribution in [0.3, 0.4) is 0 Å². The Morgan fingerprint density at radius 3 is 2.20 bits per heavy atom. The third kappa shape index (κ3) is 6.46. The van der Waals surface area contributed by atoms with Crippen molar-refractivity contribution in [3.8, 4) is 0 Å². The first-order chi connectivity index (χ1) is 4.85. The van der Waals surface area contributed by atoms with Crippen LogP contribution in [0.15, 0.2) is 0 Å². The summed E-state index contributed by atoms with van der Waals surface area (Å²) in [5, 5.41) is 2.42. The molecule has 0 aliphatic carbocycles. The van der Waals surface area contributed by atoms with Gasteiger partial charge in [0, 0.05) is 26.9 Å². The maximum Gasteiger partial charge on any atom is 0.0365 e. The Morgan fingerprint density at radius 1 is 1.10 bits per heavy atom. The summed E-state index contributed by atoms with van der Waals surface area (Å²) in [6.45, 7) is 0. The Hall–Kier alpha value is 1.75. The Bertz CT molecular complexity index is 67.1. The second kappa shape index (κ2) is 8.84. The summed E-state index contributed by atoms with van der Waals surface area (Å²) < 4.78 is 0. The lowest BCUT2D eigenvalue weighted by Crippen LogP contribution is -2.07. The van der Waals surface area contributed by atoms with Crippen molar-refractivity contribution in [1.82, 2.24) is 0 Å². The molecule has 0 amide bonds. The van der Waals surface area contributed by atoms with E-state index in [0.717, 1.165) is 21.7 Å². The quantitative estimate of drug-likeness (QED) is 0.476. The third-order valence-electron chi connectivity index (χ3n) is 0.909. The van der Waals surface area contributed by atoms with E-state index in [1.807, 2.05) is 23.5 Å². The topological polar surface area (TPSA) is 0 Å². The molecule has 62 valence electrons. The molecule has 0 aliphatic rings. The van der Waals surface area contributed by atoms with E-state index in [4.69, 9.17) is 0 Å². The standard InChI is InChI=1S/C5H12S5/c6-1-5(10-4-8)2-9-3-7/h5-8H,1-4H2. The molecule has 0 spiro atoms. The Labute approximate surface area is 87.9 Å². The first kappa shape index (κ1) is 11.8. The Kier molecular flexibility index (Phi) is 10.4. The zero-order valence-electron chi connectivity index (χ0n) is 5.56. The van der Waals surface area contributed by atoms with Crippen LogP contribution in [-0.4, -0.2) is 26.9 Å². The minimum atomic E-state index is 0.637. The molecule has 0 aromatic rings. The minimum Gasteiger partial charge on any atom is -0.178 e. The molecule has 0 radical (unpaired) electrons. The van der Waals surface area contributed by atoms with Gasteiger partial charge in [0.2, 0.25) is 0 Å². The summed E-state index contributed by atoms with van der Waals surface area (Å²) >= 11 is 16.2. The molecule has 0 aromatic carbocycles. The van der Waals surface area contributed by atoms with Crippen LogP contribution in [0.1, 0.15) is 0 Å². The molecule has 5 heteroatoms. The van der Waals surface area contributed by atoms with Gasteiger partial charge in [-0.15, -0.1) is 11.8 Å². The fourth-order valence-corrected chi connectivity index (χ4v) is 3.49. The van der Waals surface area contributed by atoms with Crippen molar-refractivity contribution in [1.29, 1.82) is 0 Å². The van der Waals surface area contributed by atoms with Crippen molar-refractivity contribution < 1.29 is 0 Å². The van der Waals surface area contributed by atoms with Crippen molar-refractivity contribution in [3.05, 3.63) is 0 Å². The third-order valence-corrected chi connectivity index (χ3v) is 4.58. The summed E-state index contributed by atoms with van der Waals surface area (Å²) in [4.78, 5) is 0. The molecule has 0 saturated carbocycles. The van der Waals surface area contributed by atoms with Crippen LogP contribution in [0.2, 0.25) is 0 Å². The molecule has 0 rings (SSSR count). The molecule has 1 unspecified atom stereocenters. The zero-order valence-corrected chi connectivity index (χ0v) is 9.88. The summed E-state index contributed by atoms with van der Waals surface area (Å²) in [6, 6.07) is 0. The maximum absolute atomic E-state index is 4.23. The SMILES string of the molecule is SCSCC(CS)SCS. The highest BCUT2D eigenvalue weighted by Gasteiger charge is 2.04. The van der Waals surface area contributed by atoms with E-state index in [1.54, 1.807) is 0 Å². The van der Waals surface area contributed by atoms with Crippen molar-refractivity contribution in [2.75, 3.05) is 21.7 Å². The highest BCUT2D eigenvalue weighted by Crippen LogP contribution is 2.18. The smallest absolute Gasteiger partial charge is 0.0365 e. The lowest BCUT2D eigenvalue weighted by atomic mass is 10.5. The lowest BCUT2D eigenvalue weighted by molar-refractivity contribution is 1.16. The van der Waals surface area contributed by atoms with Gasteiger partial charge in [-0.25, -0.2) is 0 Å². The van der Waals surface area contributed by atoms with Gasteiger partial charge >= 0.3 is 0 Å². The van der Waals surface area contributed by atoms with E-state index in [9.17, 15) is 0 Å². The first-order valence-corrected chi connectivity index (χ1v) is 6.97. The van der Waals surface area contributed by atoms with Crippen LogP contribution in [-0.2, 0) is 0 Å². The van der Waals surface area contributed by atoms with Crippen molar-refractivity contribution >= 4 is 61.4 Å². The van der Waals surface area contributed by atoms with Crippen LogP contribution in [0.4, 0.5) is 0 Å². The molecule has 0 aliphatic heterocycles. The molecule has 1 atom stereocenters. The minimum absolute atomic E-state index is 0.637. The molecular formula is C5H12S5. The van der Waals surface area contributed by atoms with Gasteiger partial charge in [-0.3, -0.25) is 0 Å². The van der Waals surface area contributed by atoms with Crippen molar-refractivity contribution in [2.45, 2.75) is 5.25 Å². The maximum atomic E-state index is 4.23. The molecule has 0 aromatic heterocycles. The number of thioether (sulfide) groups is 2. The van der Waals surface area contributed by atoms with Gasteiger partial charge in [0.1, 0.15) is 0 Å². The van der Waals surface area contributed by atoms with Gasteiger partial charge in [-0.2, -0.15) is 49.6 Å². The fourth-order valence-electron chi connectivity index (χ4n) is 0.443. The van der Waals surface area contributed by atoms with E-state index in [1.165, 1.54) is 0 Å². The van der Waals surface area contributed by atoms with E-state index >= 15 is 0 Å². The van der Waals surface area contributed by atoms with Gasteiger partial charge in [-0.1, -0.05) is 0 Å². The van der Waals surface area contributed by atoms with Crippen LogP contribution in [0, 0.1) is 0 Å². The normalized spacial score (nSPS) is 13.5. The predicted octanol–water partition coefficient (Wildman–Crippen LogP) is 2.53. The second-order valence-electron chi connectivity index (χ2n) is 1.60. The molecule has 10 heavy (non-hydrogen) atoms. The van der Waals surface area contributed by atoms with E-state index in [0.29, 0.717) is 5.25 Å². The zero-order chi connectivity index (χ0) is 7.82. The molecule has 0 bridgehead atoms. The summed E-state index contributed by atoms with van der Waals surface area (Å²) in [7, 11) is 0. The van der Waals surface area contributed by atoms with Gasteiger partial charge < -0.3 is 0 Å². The molecule has 0 saturated heterocycles. The molecular weight excluding hydrogens is 220 g/mol. The van der Waals surface area contributed by atoms with Crippen LogP contribution in [0.25, 0.3) is 0 Å². The number of hydrogen-bond acceptors (Lipinski definition) is 5. The van der Waals surface area contributed by atoms with E-state index < -0.39 is 0 Å². The predicted molar refractivity (Wildman–Crippen MR) is 65.4 cm³/mol. The highest BCUT2D eigenvalue weighted by molar-refractivity contribution is 8.12. The monoisotopic (exact) mass is 232 g/mol. The summed E-state index contributed by atoms with van der Waals surface area (Å²) in [6.07, 6.45) is 0. The van der Waals surface area contributed by atoms with Crippen molar-refractivity contribution in [2.24, 2.45) is 0 Å². The van der Waals surface area contributed by atoms with Crippen LogP contribution < -0.4 is 0 Å². The van der Waals surface area contributed by atoms with E-state index in [2.05, 4.69) is 37.9 Å². The number of rotatable bonds is 6. The van der Waals surface area contributed by atoms with E-state index in [-0.39, 0.29) is 0 Å². The molecule has 0 nitrogen and oxygen atoms in total. The van der Waals surface area contributed by atoms with Crippen LogP contribution >= 0.6 is 61.4 Å². The Balaban J connectivity index is 3.21. The largest absolute Gasteiger partial charge is 0.178 e. The van der Waals surface area contributed by atoms with Crippen LogP contribution in [0.5, 0.6) is 0 Å². The van der Waals surface area contributed by atoms with Gasteiger partial charge in [0.15, 0.2) is 0 Å². The highest BCUT2D eigenvalue weighted by atomic mass is 32.2. The lowest BCUT2D eigenvalue weighted by Gasteiger charge is -2.10. The Morgan fingerprint density at radius 2 is 1.80 bits per heavy atom. The van der Waals surface area contributed by atoms with Gasteiger partial charge in [-0.05, 0) is 0 Å². The molecule has 0 N–H and O–H groups in total. The second-order valence-corrected chi connectivity index (χ2v) is 5.77. The fraction of sp³-hybridized carbons (Fsp3) is 1.00. The van der Waals surface area contributed by atoms with Crippen molar-refractivity contribution in [3.63, 3.8) is 0 Å². The number of hydrogen-bond donors (Lipinski definition) is 3. The van der Waals surface area contributed by atoms with Gasteiger partial charge in [0.05, 0.1) is 0 Å². The summed E-state index contributed by atoms with van der Waals surface area (Å²) in [5.74, 6) is 2.07. The average Bonchev–Trinajstić information content (AvgIpc) is 1.98. The van der Waals surface area contributed by atoms with Gasteiger partial charge in [0.25, 0.3) is 0 Å². The number of thiol groups is 3. The molecule has 0 heterocycles.